The van der Waals surface area contributed by atoms with Crippen molar-refractivity contribution in [3.05, 3.63) is 55.1 Å². The SMILES string of the molecule is C=CC(C)OC(=O)Nc1cccc(-c2c(N)c3ccc(OC(C)C)cc3n2CC)c1. The van der Waals surface area contributed by atoms with E-state index in [0.29, 0.717) is 11.4 Å². The second-order valence-electron chi connectivity index (χ2n) is 7.40. The number of nitrogens with two attached hydrogens (primary N) is 1. The highest BCUT2D eigenvalue weighted by molar-refractivity contribution is 6.02. The van der Waals surface area contributed by atoms with Crippen LogP contribution in [0, 0.1) is 0 Å². The monoisotopic (exact) mass is 407 g/mol. The van der Waals surface area contributed by atoms with Crippen LogP contribution in [0.2, 0.25) is 0 Å². The molecule has 3 N–H and O–H groups in total. The topological polar surface area (TPSA) is 78.5 Å². The van der Waals surface area contributed by atoms with Gasteiger partial charge in [-0.1, -0.05) is 24.8 Å². The zero-order valence-electron chi connectivity index (χ0n) is 17.9. The molecule has 0 aliphatic heterocycles. The highest BCUT2D eigenvalue weighted by atomic mass is 16.6. The highest BCUT2D eigenvalue weighted by Crippen LogP contribution is 2.38. The van der Waals surface area contributed by atoms with Crippen LogP contribution >= 0.6 is 0 Å². The van der Waals surface area contributed by atoms with Crippen molar-refractivity contribution < 1.29 is 14.3 Å². The van der Waals surface area contributed by atoms with E-state index in [4.69, 9.17) is 15.2 Å². The molecule has 158 valence electrons. The highest BCUT2D eigenvalue weighted by Gasteiger charge is 2.17. The van der Waals surface area contributed by atoms with Gasteiger partial charge in [0.15, 0.2) is 0 Å². The standard InChI is InChI=1S/C24H29N3O3/c1-6-16(5)30-24(28)26-18-10-8-9-17(13-18)23-22(25)20-12-11-19(29-15(3)4)14-21(20)27(23)7-2/h6,8-16H,1,7,25H2,2-5H3,(H,26,28). The molecule has 1 heterocycles. The van der Waals surface area contributed by atoms with Crippen LogP contribution in [0.1, 0.15) is 27.7 Å². The van der Waals surface area contributed by atoms with Crippen molar-refractivity contribution in [2.75, 3.05) is 11.1 Å². The van der Waals surface area contributed by atoms with E-state index >= 15 is 0 Å². The summed E-state index contributed by atoms with van der Waals surface area (Å²) in [6.45, 7) is 12.2. The first-order valence-corrected chi connectivity index (χ1v) is 10.1. The van der Waals surface area contributed by atoms with Gasteiger partial charge in [0.25, 0.3) is 0 Å². The second kappa shape index (κ2) is 8.95. The molecule has 1 aromatic heterocycles. The Labute approximate surface area is 177 Å². The number of ether oxygens (including phenoxy) is 2. The van der Waals surface area contributed by atoms with E-state index in [1.807, 2.05) is 56.3 Å². The molecule has 0 bridgehead atoms. The summed E-state index contributed by atoms with van der Waals surface area (Å²) in [4.78, 5) is 12.1. The van der Waals surface area contributed by atoms with E-state index in [9.17, 15) is 4.79 Å². The van der Waals surface area contributed by atoms with Crippen LogP contribution in [0.5, 0.6) is 5.75 Å². The average molecular weight is 408 g/mol. The van der Waals surface area contributed by atoms with Gasteiger partial charge in [-0.25, -0.2) is 4.79 Å². The molecule has 30 heavy (non-hydrogen) atoms. The van der Waals surface area contributed by atoms with Gasteiger partial charge in [-0.3, -0.25) is 5.32 Å². The summed E-state index contributed by atoms with van der Waals surface area (Å²) >= 11 is 0. The molecule has 0 spiro atoms. The molecule has 3 aromatic rings. The minimum Gasteiger partial charge on any atom is -0.491 e. The van der Waals surface area contributed by atoms with Gasteiger partial charge in [0.05, 0.1) is 23.0 Å². The summed E-state index contributed by atoms with van der Waals surface area (Å²) in [5.41, 5.74) is 10.7. The lowest BCUT2D eigenvalue weighted by molar-refractivity contribution is 0.142. The Balaban J connectivity index is 2.01. The van der Waals surface area contributed by atoms with E-state index < -0.39 is 6.09 Å². The molecular weight excluding hydrogens is 378 g/mol. The molecule has 1 atom stereocenters. The van der Waals surface area contributed by atoms with Crippen LogP contribution in [0.3, 0.4) is 0 Å². The molecule has 0 saturated carbocycles. The third-order valence-corrected chi connectivity index (χ3v) is 4.77. The number of hydrogen-bond acceptors (Lipinski definition) is 4. The zero-order valence-corrected chi connectivity index (χ0v) is 17.9. The molecule has 2 aromatic carbocycles. The van der Waals surface area contributed by atoms with Crippen molar-refractivity contribution in [2.24, 2.45) is 0 Å². The molecule has 1 amide bonds. The first-order chi connectivity index (χ1) is 14.3. The molecule has 1 unspecified atom stereocenters. The van der Waals surface area contributed by atoms with Crippen LogP contribution in [0.4, 0.5) is 16.2 Å². The van der Waals surface area contributed by atoms with Crippen molar-refractivity contribution in [1.82, 2.24) is 4.57 Å². The first-order valence-electron chi connectivity index (χ1n) is 10.1. The number of nitrogen functional groups attached to an aromatic ring is 1. The predicted molar refractivity (Wildman–Crippen MR) is 123 cm³/mol. The van der Waals surface area contributed by atoms with E-state index in [2.05, 4.69) is 23.4 Å². The van der Waals surface area contributed by atoms with E-state index in [0.717, 1.165) is 34.5 Å². The number of amides is 1. The number of rotatable bonds is 7. The Morgan fingerprint density at radius 3 is 2.67 bits per heavy atom. The number of carbonyl (C=O) groups is 1. The summed E-state index contributed by atoms with van der Waals surface area (Å²) in [5.74, 6) is 0.811. The lowest BCUT2D eigenvalue weighted by Crippen LogP contribution is -2.18. The smallest absolute Gasteiger partial charge is 0.412 e. The Hall–Kier alpha value is -3.41. The molecule has 0 radical (unpaired) electrons. The summed E-state index contributed by atoms with van der Waals surface area (Å²) < 4.78 is 13.2. The third-order valence-electron chi connectivity index (χ3n) is 4.77. The lowest BCUT2D eigenvalue weighted by atomic mass is 10.1. The van der Waals surface area contributed by atoms with Crippen LogP contribution < -0.4 is 15.8 Å². The number of benzene rings is 2. The molecular formula is C24H29N3O3. The van der Waals surface area contributed by atoms with Crippen LogP contribution in [0.15, 0.2) is 55.1 Å². The number of fused-ring (bicyclic) bond motifs is 1. The molecule has 0 aliphatic carbocycles. The third kappa shape index (κ3) is 4.43. The number of carbonyl (C=O) groups excluding carboxylic acids is 1. The molecule has 6 heteroatoms. The minimum atomic E-state index is -0.529. The largest absolute Gasteiger partial charge is 0.491 e. The molecule has 0 saturated heterocycles. The van der Waals surface area contributed by atoms with Crippen molar-refractivity contribution in [2.45, 2.75) is 46.4 Å². The van der Waals surface area contributed by atoms with Crippen molar-refractivity contribution in [3.63, 3.8) is 0 Å². The fraction of sp³-hybridized carbons (Fsp3) is 0.292. The Kier molecular flexibility index (Phi) is 6.35. The van der Waals surface area contributed by atoms with Crippen LogP contribution in [0.25, 0.3) is 22.2 Å². The normalized spacial score (nSPS) is 12.0. The molecule has 0 aliphatic rings. The Bertz CT molecular complexity index is 1070. The van der Waals surface area contributed by atoms with Gasteiger partial charge in [-0.2, -0.15) is 0 Å². The van der Waals surface area contributed by atoms with Crippen molar-refractivity contribution in [1.29, 1.82) is 0 Å². The van der Waals surface area contributed by atoms with Gasteiger partial charge in [0.1, 0.15) is 11.9 Å². The van der Waals surface area contributed by atoms with E-state index in [-0.39, 0.29) is 12.2 Å². The summed E-state index contributed by atoms with van der Waals surface area (Å²) in [7, 11) is 0. The molecule has 3 rings (SSSR count). The number of anilines is 2. The summed E-state index contributed by atoms with van der Waals surface area (Å²) in [5, 5.41) is 3.73. The van der Waals surface area contributed by atoms with E-state index in [1.54, 1.807) is 13.0 Å². The first kappa shape index (κ1) is 21.3. The number of hydrogen-bond donors (Lipinski definition) is 2. The predicted octanol–water partition coefficient (Wildman–Crippen LogP) is 5.82. The Morgan fingerprint density at radius 1 is 1.23 bits per heavy atom. The van der Waals surface area contributed by atoms with Crippen LogP contribution in [-0.4, -0.2) is 22.9 Å². The van der Waals surface area contributed by atoms with Gasteiger partial charge in [-0.05, 0) is 52.0 Å². The van der Waals surface area contributed by atoms with Gasteiger partial charge in [0.2, 0.25) is 0 Å². The maximum absolute atomic E-state index is 12.1. The summed E-state index contributed by atoms with van der Waals surface area (Å²) in [6.07, 6.45) is 0.761. The Morgan fingerprint density at radius 2 is 2.00 bits per heavy atom. The quantitative estimate of drug-likeness (QED) is 0.484. The minimum absolute atomic E-state index is 0.0932. The zero-order chi connectivity index (χ0) is 21.8. The fourth-order valence-corrected chi connectivity index (χ4v) is 3.45. The van der Waals surface area contributed by atoms with Gasteiger partial charge in [0, 0.05) is 29.2 Å². The van der Waals surface area contributed by atoms with Gasteiger partial charge in [-0.15, -0.1) is 0 Å². The average Bonchev–Trinajstić information content (AvgIpc) is 2.98. The molecule has 6 nitrogen and oxygen atoms in total. The van der Waals surface area contributed by atoms with E-state index in [1.165, 1.54) is 0 Å². The maximum atomic E-state index is 12.1. The van der Waals surface area contributed by atoms with Crippen LogP contribution in [-0.2, 0) is 11.3 Å². The number of aromatic nitrogens is 1. The van der Waals surface area contributed by atoms with Gasteiger partial charge < -0.3 is 19.8 Å². The molecule has 0 fully saturated rings. The van der Waals surface area contributed by atoms with Crippen molar-refractivity contribution >= 4 is 28.4 Å². The summed E-state index contributed by atoms with van der Waals surface area (Å²) in [6, 6.07) is 13.5. The van der Waals surface area contributed by atoms with Gasteiger partial charge >= 0.3 is 6.09 Å². The van der Waals surface area contributed by atoms with Crippen molar-refractivity contribution in [3.8, 4) is 17.0 Å². The maximum Gasteiger partial charge on any atom is 0.412 e. The fourth-order valence-electron chi connectivity index (χ4n) is 3.45. The second-order valence-corrected chi connectivity index (χ2v) is 7.40. The number of aryl methyl sites for hydroxylation is 1. The number of nitrogens with one attached hydrogen (secondary N) is 1. The lowest BCUT2D eigenvalue weighted by Gasteiger charge is -2.13. The number of nitrogens with zero attached hydrogens (tertiary/aromatic N) is 1.